The van der Waals surface area contributed by atoms with E-state index in [0.29, 0.717) is 17.2 Å². The average Bonchev–Trinajstić information content (AvgIpc) is 3.54. The smallest absolute Gasteiger partial charge is 0.262 e. The van der Waals surface area contributed by atoms with Crippen LogP contribution < -0.4 is 30.2 Å². The van der Waals surface area contributed by atoms with Gasteiger partial charge in [-0.2, -0.15) is 0 Å². The number of anilines is 5. The van der Waals surface area contributed by atoms with Gasteiger partial charge in [-0.25, -0.2) is 9.37 Å². The molecule has 1 unspecified atom stereocenters. The second-order valence-electron chi connectivity index (χ2n) is 16.6. The summed E-state index contributed by atoms with van der Waals surface area (Å²) in [6, 6.07) is 22.9. The normalized spacial score (nSPS) is 20.3. The molecule has 5 aliphatic rings. The number of imide groups is 2. The number of piperazine rings is 2. The maximum Gasteiger partial charge on any atom is 0.262 e. The highest BCUT2D eigenvalue weighted by atomic mass is 19.1. The molecule has 14 nitrogen and oxygen atoms in total. The number of fused-ring (bicyclic) bond motifs is 1. The second-order valence-corrected chi connectivity index (χ2v) is 16.6. The summed E-state index contributed by atoms with van der Waals surface area (Å²) >= 11 is 0. The van der Waals surface area contributed by atoms with Crippen LogP contribution in [0.5, 0.6) is 0 Å². The van der Waals surface area contributed by atoms with Crippen LogP contribution in [0, 0.1) is 11.7 Å². The summed E-state index contributed by atoms with van der Waals surface area (Å²) in [5.74, 6) is -1.45. The molecule has 1 atom stereocenters. The van der Waals surface area contributed by atoms with E-state index in [1.165, 1.54) is 6.07 Å². The number of amides is 5. The van der Waals surface area contributed by atoms with Gasteiger partial charge in [-0.15, -0.1) is 0 Å². The number of rotatable bonds is 10. The van der Waals surface area contributed by atoms with Crippen LogP contribution in [0.15, 0.2) is 85.1 Å². The second kappa shape index (κ2) is 17.3. The topological polar surface area (TPSA) is 142 Å². The van der Waals surface area contributed by atoms with E-state index >= 15 is 4.39 Å². The molecule has 3 aromatic carbocycles. The Hall–Kier alpha value is -6.35. The van der Waals surface area contributed by atoms with Crippen LogP contribution >= 0.6 is 0 Å². The number of aromatic nitrogens is 1. The Morgan fingerprint density at radius 1 is 0.689 bits per heavy atom. The van der Waals surface area contributed by atoms with E-state index in [0.717, 1.165) is 119 Å². The van der Waals surface area contributed by atoms with Crippen molar-refractivity contribution in [2.75, 3.05) is 96.9 Å². The van der Waals surface area contributed by atoms with Gasteiger partial charge in [-0.05, 0) is 111 Å². The molecular formula is C46H50FN9O5. The number of piperidine rings is 2. The van der Waals surface area contributed by atoms with Crippen molar-refractivity contribution in [3.63, 3.8) is 0 Å². The van der Waals surface area contributed by atoms with Gasteiger partial charge in [-0.1, -0.05) is 6.07 Å². The van der Waals surface area contributed by atoms with E-state index in [-0.39, 0.29) is 24.0 Å². The van der Waals surface area contributed by atoms with Crippen molar-refractivity contribution in [1.29, 1.82) is 0 Å². The van der Waals surface area contributed by atoms with E-state index in [9.17, 15) is 24.0 Å². The fourth-order valence-corrected chi connectivity index (χ4v) is 9.30. The maximum atomic E-state index is 15.4. The Kier molecular flexibility index (Phi) is 11.4. The summed E-state index contributed by atoms with van der Waals surface area (Å²) in [5, 5.41) is 5.10. The van der Waals surface area contributed by atoms with Crippen LogP contribution in [-0.4, -0.2) is 122 Å². The van der Waals surface area contributed by atoms with E-state index < -0.39 is 41.4 Å². The lowest BCUT2D eigenvalue weighted by Gasteiger charge is -2.38. The van der Waals surface area contributed by atoms with Gasteiger partial charge in [0, 0.05) is 101 Å². The first-order valence-electron chi connectivity index (χ1n) is 21.4. The molecule has 4 saturated heterocycles. The van der Waals surface area contributed by atoms with Crippen molar-refractivity contribution in [1.82, 2.24) is 20.1 Å². The number of hydrogen-bond donors (Lipinski definition) is 2. The molecule has 15 heteroatoms. The summed E-state index contributed by atoms with van der Waals surface area (Å²) in [6.07, 6.45) is 5.13. The highest BCUT2D eigenvalue weighted by Crippen LogP contribution is 2.32. The molecule has 0 spiro atoms. The quantitative estimate of drug-likeness (QED) is 0.216. The lowest BCUT2D eigenvalue weighted by molar-refractivity contribution is -0.136. The third kappa shape index (κ3) is 8.51. The number of halogens is 1. The number of pyridine rings is 1. The molecule has 316 valence electrons. The zero-order valence-electron chi connectivity index (χ0n) is 34.1. The molecule has 0 saturated carbocycles. The number of benzene rings is 3. The lowest BCUT2D eigenvalue weighted by atomic mass is 9.93. The van der Waals surface area contributed by atoms with E-state index in [4.69, 9.17) is 0 Å². The van der Waals surface area contributed by atoms with Gasteiger partial charge in [0.25, 0.3) is 17.7 Å². The predicted molar refractivity (Wildman–Crippen MR) is 231 cm³/mol. The largest absolute Gasteiger partial charge is 0.371 e. The van der Waals surface area contributed by atoms with E-state index in [1.807, 2.05) is 60.8 Å². The Labute approximate surface area is 354 Å². The fraction of sp³-hybridized carbons (Fsp3) is 0.391. The van der Waals surface area contributed by atoms with Crippen molar-refractivity contribution in [3.05, 3.63) is 108 Å². The first-order valence-corrected chi connectivity index (χ1v) is 21.4. The van der Waals surface area contributed by atoms with Crippen LogP contribution in [0.3, 0.4) is 0 Å². The summed E-state index contributed by atoms with van der Waals surface area (Å²) < 4.78 is 15.4. The molecule has 2 N–H and O–H groups in total. The van der Waals surface area contributed by atoms with Gasteiger partial charge in [0.1, 0.15) is 17.7 Å². The highest BCUT2D eigenvalue weighted by molar-refractivity contribution is 6.23. The lowest BCUT2D eigenvalue weighted by Crippen LogP contribution is -2.54. The average molecular weight is 828 g/mol. The summed E-state index contributed by atoms with van der Waals surface area (Å²) in [5.41, 5.74) is 3.95. The van der Waals surface area contributed by atoms with E-state index in [2.05, 4.69) is 40.1 Å². The highest BCUT2D eigenvalue weighted by Gasteiger charge is 2.45. The van der Waals surface area contributed by atoms with Crippen molar-refractivity contribution in [2.45, 2.75) is 38.1 Å². The number of carbonyl (C=O) groups excluding carboxylic acids is 5. The Morgan fingerprint density at radius 2 is 1.33 bits per heavy atom. The van der Waals surface area contributed by atoms with E-state index in [1.54, 1.807) is 18.2 Å². The standard InChI is InChI=1S/C46H50FN9O5/c47-39-30-35(9-11-37(39)43(58)49-32-4-6-33(7-5-32)53-25-27-55(28-26-53)41-3-1-2-17-48-41)52-19-15-31(16-20-52)14-18-51-21-23-54(24-22-51)34-8-10-36-38(29-34)46(61)56(45(36)60)40-12-13-42(57)50-44(40)59/h1-11,17,29-31,40H,12-16,18-28H2,(H,49,58)(H,50,57,59). The summed E-state index contributed by atoms with van der Waals surface area (Å²) in [4.78, 5) is 80.5. The van der Waals surface area contributed by atoms with Crippen LogP contribution in [-0.2, 0) is 9.59 Å². The van der Waals surface area contributed by atoms with Crippen LogP contribution in [0.25, 0.3) is 0 Å². The SMILES string of the molecule is O=C1CCC(N2C(=O)c3ccc(N4CCN(CCC5CCN(c6ccc(C(=O)Nc7ccc(N8CCN(c9ccccn9)CC8)cc7)c(F)c6)CC5)CC4)cc3C2=O)C(=O)N1. The van der Waals surface area contributed by atoms with Crippen molar-refractivity contribution < 1.29 is 28.4 Å². The molecule has 0 bridgehead atoms. The third-order valence-electron chi connectivity index (χ3n) is 12.9. The van der Waals surface area contributed by atoms with Gasteiger partial charge in [0.15, 0.2) is 0 Å². The molecule has 4 aromatic rings. The van der Waals surface area contributed by atoms with Crippen LogP contribution in [0.2, 0.25) is 0 Å². The minimum Gasteiger partial charge on any atom is -0.371 e. The summed E-state index contributed by atoms with van der Waals surface area (Å²) in [7, 11) is 0. The summed E-state index contributed by atoms with van der Waals surface area (Å²) in [6.45, 7) is 9.45. The molecule has 4 fully saturated rings. The Balaban J connectivity index is 0.701. The maximum absolute atomic E-state index is 15.4. The van der Waals surface area contributed by atoms with Crippen LogP contribution in [0.1, 0.15) is 63.2 Å². The molecule has 0 radical (unpaired) electrons. The van der Waals surface area contributed by atoms with Gasteiger partial charge >= 0.3 is 0 Å². The van der Waals surface area contributed by atoms with Crippen molar-refractivity contribution >= 4 is 58.1 Å². The minimum absolute atomic E-state index is 0.0182. The van der Waals surface area contributed by atoms with Gasteiger partial charge in [0.2, 0.25) is 11.8 Å². The zero-order chi connectivity index (χ0) is 42.0. The van der Waals surface area contributed by atoms with Crippen molar-refractivity contribution in [3.8, 4) is 0 Å². The minimum atomic E-state index is -0.980. The predicted octanol–water partition coefficient (Wildman–Crippen LogP) is 4.63. The zero-order valence-corrected chi connectivity index (χ0v) is 34.1. The number of hydrogen-bond acceptors (Lipinski definition) is 11. The molecule has 5 aliphatic heterocycles. The number of nitrogens with zero attached hydrogens (tertiary/aromatic N) is 7. The first kappa shape index (κ1) is 40.1. The van der Waals surface area contributed by atoms with Crippen molar-refractivity contribution in [2.24, 2.45) is 5.92 Å². The molecule has 61 heavy (non-hydrogen) atoms. The van der Waals surface area contributed by atoms with Gasteiger partial charge in [-0.3, -0.25) is 39.1 Å². The van der Waals surface area contributed by atoms with Crippen LogP contribution in [0.4, 0.5) is 33.0 Å². The molecule has 0 aliphatic carbocycles. The number of nitrogens with one attached hydrogen (secondary N) is 2. The number of carbonyl (C=O) groups is 5. The molecule has 1 aromatic heterocycles. The molecule has 5 amide bonds. The Morgan fingerprint density at radius 3 is 2.03 bits per heavy atom. The van der Waals surface area contributed by atoms with Gasteiger partial charge < -0.3 is 24.9 Å². The molecule has 9 rings (SSSR count). The fourth-order valence-electron chi connectivity index (χ4n) is 9.30. The molecule has 6 heterocycles. The first-order chi connectivity index (χ1) is 29.7. The third-order valence-corrected chi connectivity index (χ3v) is 12.9. The Bertz CT molecular complexity index is 2300. The molecular weight excluding hydrogens is 778 g/mol. The van der Waals surface area contributed by atoms with Gasteiger partial charge in [0.05, 0.1) is 16.7 Å². The monoisotopic (exact) mass is 827 g/mol.